The Bertz CT molecular complexity index is 468. The summed E-state index contributed by atoms with van der Waals surface area (Å²) in [4.78, 5) is 39.4. The first-order valence-electron chi connectivity index (χ1n) is 4.10. The van der Waals surface area contributed by atoms with Crippen molar-refractivity contribution in [1.29, 1.82) is 0 Å². The van der Waals surface area contributed by atoms with E-state index in [9.17, 15) is 18.9 Å². The van der Waals surface area contributed by atoms with Gasteiger partial charge in [0.15, 0.2) is 0 Å². The molecule has 1 atom stereocenters. The van der Waals surface area contributed by atoms with Crippen molar-refractivity contribution in [2.75, 3.05) is 0 Å². The van der Waals surface area contributed by atoms with Gasteiger partial charge in [0.1, 0.15) is 4.73 Å². The monoisotopic (exact) mass is 380 g/mol. The molecule has 13 heteroatoms. The number of rotatable bonds is 4. The molecule has 0 saturated carbocycles. The van der Waals surface area contributed by atoms with Gasteiger partial charge in [0.25, 0.3) is 0 Å². The van der Waals surface area contributed by atoms with Crippen molar-refractivity contribution in [3.05, 3.63) is 29.3 Å². The summed E-state index contributed by atoms with van der Waals surface area (Å²) >= 11 is 5.89. The minimum Gasteiger partial charge on any atom is -0.810 e. The van der Waals surface area contributed by atoms with Crippen molar-refractivity contribution < 1.29 is 93.3 Å². The van der Waals surface area contributed by atoms with Crippen LogP contribution >= 0.6 is 38.6 Å². The van der Waals surface area contributed by atoms with Gasteiger partial charge in [-0.05, 0) is 31.9 Å². The van der Waals surface area contributed by atoms with Crippen molar-refractivity contribution in [2.24, 2.45) is 0 Å². The third-order valence-electron chi connectivity index (χ3n) is 1.61. The molecule has 20 heavy (non-hydrogen) atoms. The molecule has 1 unspecified atom stereocenters. The standard InChI is InChI=1S/C7H9ClO6P2S.2Na.H2O/c8-5-1-3-6(4-2-5)17-7(15(9,10)11)16(12,13)14;;;/h1-4,7H,(H2,9,10,11)(H2,12,13,14);;;1H2/q;2*+1;/p-2. The van der Waals surface area contributed by atoms with E-state index in [-0.39, 0.29) is 69.5 Å². The largest absolute Gasteiger partial charge is 1.00 e. The van der Waals surface area contributed by atoms with Gasteiger partial charge in [0.2, 0.25) is 0 Å². The van der Waals surface area contributed by atoms with Gasteiger partial charge in [-0.3, -0.25) is 4.57 Å². The van der Waals surface area contributed by atoms with Crippen molar-refractivity contribution in [3.63, 3.8) is 0 Å². The first-order chi connectivity index (χ1) is 7.60. The molecule has 7 nitrogen and oxygen atoms in total. The zero-order valence-corrected chi connectivity index (χ0v) is 18.0. The normalized spacial score (nSPS) is 12.4. The summed E-state index contributed by atoms with van der Waals surface area (Å²) in [6, 6.07) is 5.57. The van der Waals surface area contributed by atoms with Gasteiger partial charge in [-0.1, -0.05) is 11.6 Å². The van der Waals surface area contributed by atoms with E-state index in [1.807, 2.05) is 0 Å². The molecule has 0 spiro atoms. The third-order valence-corrected chi connectivity index (χ3v) is 7.72. The average Bonchev–Trinajstić information content (AvgIpc) is 2.13. The van der Waals surface area contributed by atoms with Crippen molar-refractivity contribution in [2.45, 2.75) is 9.63 Å². The van der Waals surface area contributed by atoms with E-state index in [1.165, 1.54) is 24.3 Å². The predicted molar refractivity (Wildman–Crippen MR) is 64.4 cm³/mol. The van der Waals surface area contributed by atoms with Crippen molar-refractivity contribution in [3.8, 4) is 0 Å². The smallest absolute Gasteiger partial charge is 0.810 e. The van der Waals surface area contributed by atoms with E-state index in [2.05, 4.69) is 0 Å². The van der Waals surface area contributed by atoms with Crippen molar-refractivity contribution in [1.82, 2.24) is 0 Å². The fourth-order valence-electron chi connectivity index (χ4n) is 0.952. The molecule has 0 radical (unpaired) electrons. The summed E-state index contributed by atoms with van der Waals surface area (Å²) in [6.45, 7) is 0. The first kappa shape index (κ1) is 27.0. The molecule has 0 aliphatic carbocycles. The van der Waals surface area contributed by atoms with Crippen LogP contribution in [-0.2, 0) is 9.13 Å². The maximum absolute atomic E-state index is 10.9. The molecule has 0 fully saturated rings. The van der Waals surface area contributed by atoms with E-state index >= 15 is 0 Å². The number of hydrogen-bond donors (Lipinski definition) is 2. The van der Waals surface area contributed by atoms with Gasteiger partial charge < -0.3 is 29.6 Å². The second-order valence-electron chi connectivity index (χ2n) is 3.03. The molecule has 0 amide bonds. The zero-order chi connectivity index (χ0) is 13.3. The fourth-order valence-corrected chi connectivity index (χ4v) is 4.88. The van der Waals surface area contributed by atoms with Crippen LogP contribution in [0.5, 0.6) is 0 Å². The minimum absolute atomic E-state index is 0. The molecular weight excluding hydrogens is 372 g/mol. The van der Waals surface area contributed by atoms with Gasteiger partial charge >= 0.3 is 66.7 Å². The van der Waals surface area contributed by atoms with E-state index in [0.717, 1.165) is 0 Å². The number of thioether (sulfide) groups is 1. The van der Waals surface area contributed by atoms with Gasteiger partial charge in [-0.25, -0.2) is 0 Å². The van der Waals surface area contributed by atoms with Gasteiger partial charge in [0, 0.05) is 9.92 Å². The second kappa shape index (κ2) is 10.8. The summed E-state index contributed by atoms with van der Waals surface area (Å²) in [5, 5.41) is 0.384. The molecule has 0 aliphatic rings. The second-order valence-corrected chi connectivity index (χ2v) is 9.04. The Morgan fingerprint density at radius 1 is 1.10 bits per heavy atom. The molecule has 0 heterocycles. The summed E-state index contributed by atoms with van der Waals surface area (Å²) in [7, 11) is -10.4. The summed E-state index contributed by atoms with van der Waals surface area (Å²) in [6.07, 6.45) is 0. The van der Waals surface area contributed by atoms with Crippen LogP contribution in [0.2, 0.25) is 5.02 Å². The SMILES string of the molecule is O.O=P([O-])([O-])C(Sc1ccc(Cl)cc1)P(=O)(O)O.[Na+].[Na+]. The molecule has 0 aromatic heterocycles. The number of benzene rings is 1. The van der Waals surface area contributed by atoms with E-state index in [1.54, 1.807) is 0 Å². The van der Waals surface area contributed by atoms with Gasteiger partial charge in [0.05, 0.1) is 0 Å². The van der Waals surface area contributed by atoms with Crippen LogP contribution in [0.1, 0.15) is 0 Å². The van der Waals surface area contributed by atoms with Crippen LogP contribution in [0.3, 0.4) is 0 Å². The maximum atomic E-state index is 10.9. The van der Waals surface area contributed by atoms with Crippen LogP contribution in [0.4, 0.5) is 0 Å². The van der Waals surface area contributed by atoms with Gasteiger partial charge in [-0.15, -0.1) is 11.8 Å². The number of hydrogen-bond acceptors (Lipinski definition) is 5. The molecular formula is C7H9ClNa2O7P2S. The molecule has 0 aliphatic heterocycles. The third kappa shape index (κ3) is 9.30. The average molecular weight is 381 g/mol. The van der Waals surface area contributed by atoms with E-state index < -0.39 is 19.9 Å². The van der Waals surface area contributed by atoms with Crippen LogP contribution in [0.15, 0.2) is 29.2 Å². The fraction of sp³-hybridized carbons (Fsp3) is 0.143. The summed E-state index contributed by atoms with van der Waals surface area (Å²) in [5.41, 5.74) is 0. The van der Waals surface area contributed by atoms with Crippen LogP contribution in [0, 0.1) is 0 Å². The molecule has 1 rings (SSSR count). The molecule has 0 bridgehead atoms. The predicted octanol–water partition coefficient (Wildman–Crippen LogP) is -6.01. The molecule has 4 N–H and O–H groups in total. The Morgan fingerprint density at radius 2 is 1.50 bits per heavy atom. The first-order valence-corrected chi connectivity index (χ1v) is 8.65. The Morgan fingerprint density at radius 3 is 1.80 bits per heavy atom. The Hall–Kier alpha value is 2.12. The van der Waals surface area contributed by atoms with E-state index in [4.69, 9.17) is 21.4 Å². The molecule has 104 valence electrons. The molecule has 1 aromatic rings. The van der Waals surface area contributed by atoms with Crippen molar-refractivity contribution >= 4 is 38.6 Å². The van der Waals surface area contributed by atoms with Crippen LogP contribution in [-0.4, -0.2) is 20.0 Å². The quantitative estimate of drug-likeness (QED) is 0.299. The topological polar surface area (TPSA) is 152 Å². The van der Waals surface area contributed by atoms with Gasteiger partial charge in [-0.2, -0.15) is 0 Å². The van der Waals surface area contributed by atoms with E-state index in [0.29, 0.717) is 16.8 Å². The van der Waals surface area contributed by atoms with Crippen LogP contribution in [0.25, 0.3) is 0 Å². The summed E-state index contributed by atoms with van der Waals surface area (Å²) in [5.74, 6) is 0. The molecule has 0 saturated heterocycles. The molecule has 1 aromatic carbocycles. The Balaban J connectivity index is -0.000000963. The van der Waals surface area contributed by atoms with Crippen LogP contribution < -0.4 is 68.9 Å². The Labute approximate surface area is 169 Å². The zero-order valence-electron chi connectivity index (χ0n) is 10.6. The minimum atomic E-state index is -5.41. The number of halogens is 1. The summed E-state index contributed by atoms with van der Waals surface area (Å²) < 4.78 is 19.4. The maximum Gasteiger partial charge on any atom is 1.00 e. The Kier molecular flexibility index (Phi) is 14.6.